The predicted octanol–water partition coefficient (Wildman–Crippen LogP) is -0.138. The van der Waals surface area contributed by atoms with Crippen LogP contribution in [0.25, 0.3) is 0 Å². The SMILES string of the molecule is CN(CC(=O)NCC(C(=O)O)c1ccccc1)S(C)(=O)=O. The summed E-state index contributed by atoms with van der Waals surface area (Å²) >= 11 is 0. The number of likely N-dealkylation sites (N-methyl/N-ethyl adjacent to an activating group) is 1. The van der Waals surface area contributed by atoms with Crippen LogP contribution in [-0.4, -0.2) is 56.1 Å². The van der Waals surface area contributed by atoms with Crippen LogP contribution >= 0.6 is 0 Å². The summed E-state index contributed by atoms with van der Waals surface area (Å²) in [6.45, 7) is -0.449. The summed E-state index contributed by atoms with van der Waals surface area (Å²) in [5.74, 6) is -2.48. The molecule has 8 heteroatoms. The lowest BCUT2D eigenvalue weighted by Gasteiger charge is -2.16. The van der Waals surface area contributed by atoms with Crippen LogP contribution in [0.2, 0.25) is 0 Å². The summed E-state index contributed by atoms with van der Waals surface area (Å²) in [6, 6.07) is 8.51. The van der Waals surface area contributed by atoms with Gasteiger partial charge >= 0.3 is 5.97 Å². The molecule has 0 aliphatic rings. The Morgan fingerprint density at radius 1 is 1.29 bits per heavy atom. The molecule has 1 unspecified atom stereocenters. The molecule has 0 bridgehead atoms. The molecule has 0 saturated carbocycles. The van der Waals surface area contributed by atoms with Crippen molar-refractivity contribution in [1.82, 2.24) is 9.62 Å². The highest BCUT2D eigenvalue weighted by Gasteiger charge is 2.21. The molecule has 2 N–H and O–H groups in total. The predicted molar refractivity (Wildman–Crippen MR) is 77.3 cm³/mol. The number of hydrogen-bond acceptors (Lipinski definition) is 4. The molecule has 0 saturated heterocycles. The van der Waals surface area contributed by atoms with Crippen LogP contribution in [0.5, 0.6) is 0 Å². The smallest absolute Gasteiger partial charge is 0.312 e. The van der Waals surface area contributed by atoms with Crippen LogP contribution in [0.1, 0.15) is 11.5 Å². The van der Waals surface area contributed by atoms with Gasteiger partial charge in [0, 0.05) is 13.6 Å². The average molecular weight is 314 g/mol. The number of carbonyl (C=O) groups is 2. The summed E-state index contributed by atoms with van der Waals surface area (Å²) in [7, 11) is -2.17. The zero-order valence-corrected chi connectivity index (χ0v) is 12.6. The average Bonchev–Trinajstić information content (AvgIpc) is 2.38. The minimum Gasteiger partial charge on any atom is -0.481 e. The second kappa shape index (κ2) is 7.19. The molecule has 0 aromatic heterocycles. The fraction of sp³-hybridized carbons (Fsp3) is 0.385. The Bertz CT molecular complexity index is 600. The Kier molecular flexibility index (Phi) is 5.86. The Hall–Kier alpha value is -1.93. The van der Waals surface area contributed by atoms with Gasteiger partial charge in [-0.3, -0.25) is 9.59 Å². The lowest BCUT2D eigenvalue weighted by Crippen LogP contribution is -2.40. The first-order chi connectivity index (χ1) is 9.71. The van der Waals surface area contributed by atoms with Gasteiger partial charge in [-0.15, -0.1) is 0 Å². The highest BCUT2D eigenvalue weighted by atomic mass is 32.2. The third kappa shape index (κ3) is 5.52. The Morgan fingerprint density at radius 2 is 1.86 bits per heavy atom. The molecule has 0 spiro atoms. The molecule has 0 aliphatic carbocycles. The number of carboxylic acids is 1. The monoisotopic (exact) mass is 314 g/mol. The van der Waals surface area contributed by atoms with Crippen LogP contribution in [0.15, 0.2) is 30.3 Å². The number of amides is 1. The molecule has 1 atom stereocenters. The van der Waals surface area contributed by atoms with E-state index >= 15 is 0 Å². The van der Waals surface area contributed by atoms with Crippen molar-refractivity contribution in [3.8, 4) is 0 Å². The molecule has 1 aromatic carbocycles. The van der Waals surface area contributed by atoms with Gasteiger partial charge in [-0.2, -0.15) is 4.31 Å². The van der Waals surface area contributed by atoms with Crippen LogP contribution in [0, 0.1) is 0 Å². The van der Waals surface area contributed by atoms with Crippen molar-refractivity contribution >= 4 is 21.9 Å². The van der Waals surface area contributed by atoms with E-state index in [4.69, 9.17) is 0 Å². The second-order valence-corrected chi connectivity index (χ2v) is 6.71. The van der Waals surface area contributed by atoms with Gasteiger partial charge in [-0.05, 0) is 5.56 Å². The first-order valence-electron chi connectivity index (χ1n) is 6.17. The number of sulfonamides is 1. The number of carbonyl (C=O) groups excluding carboxylic acids is 1. The maximum atomic E-state index is 11.6. The first kappa shape index (κ1) is 17.1. The molecule has 21 heavy (non-hydrogen) atoms. The summed E-state index contributed by atoms with van der Waals surface area (Å²) in [5.41, 5.74) is 0.571. The van der Waals surface area contributed by atoms with E-state index in [9.17, 15) is 23.1 Å². The lowest BCUT2D eigenvalue weighted by molar-refractivity contribution is -0.138. The van der Waals surface area contributed by atoms with Crippen LogP contribution in [-0.2, 0) is 19.6 Å². The molecule has 1 rings (SSSR count). The Morgan fingerprint density at radius 3 is 2.33 bits per heavy atom. The summed E-state index contributed by atoms with van der Waals surface area (Å²) in [5, 5.41) is 11.6. The lowest BCUT2D eigenvalue weighted by atomic mass is 9.99. The van der Waals surface area contributed by atoms with E-state index in [-0.39, 0.29) is 13.1 Å². The molecule has 116 valence electrons. The van der Waals surface area contributed by atoms with Gasteiger partial charge in [0.1, 0.15) is 0 Å². The maximum Gasteiger partial charge on any atom is 0.312 e. The zero-order chi connectivity index (χ0) is 16.0. The standard InChI is InChI=1S/C13H18N2O5S/c1-15(21(2,19)20)9-12(16)14-8-11(13(17)18)10-6-4-3-5-7-10/h3-7,11H,8-9H2,1-2H3,(H,14,16)(H,17,18). The minimum atomic E-state index is -3.45. The van der Waals surface area contributed by atoms with Crippen molar-refractivity contribution in [3.63, 3.8) is 0 Å². The van der Waals surface area contributed by atoms with Crippen LogP contribution in [0.3, 0.4) is 0 Å². The molecule has 1 aromatic rings. The van der Waals surface area contributed by atoms with Gasteiger partial charge in [0.25, 0.3) is 0 Å². The number of nitrogens with one attached hydrogen (secondary N) is 1. The molecule has 0 aliphatic heterocycles. The van der Waals surface area contributed by atoms with E-state index in [1.165, 1.54) is 7.05 Å². The largest absolute Gasteiger partial charge is 0.481 e. The number of hydrogen-bond donors (Lipinski definition) is 2. The highest BCUT2D eigenvalue weighted by Crippen LogP contribution is 2.14. The number of benzene rings is 1. The summed E-state index contributed by atoms with van der Waals surface area (Å²) in [4.78, 5) is 22.9. The number of aliphatic carboxylic acids is 1. The topological polar surface area (TPSA) is 104 Å². The van der Waals surface area contributed by atoms with Crippen LogP contribution in [0.4, 0.5) is 0 Å². The molecule has 7 nitrogen and oxygen atoms in total. The third-order valence-corrected chi connectivity index (χ3v) is 4.20. The van der Waals surface area contributed by atoms with Gasteiger partial charge in [0.15, 0.2) is 0 Å². The van der Waals surface area contributed by atoms with Gasteiger partial charge in [-0.1, -0.05) is 30.3 Å². The van der Waals surface area contributed by atoms with E-state index in [0.717, 1.165) is 10.6 Å². The molecular formula is C13H18N2O5S. The molecule has 0 heterocycles. The van der Waals surface area contributed by atoms with Crippen molar-refractivity contribution in [2.24, 2.45) is 0 Å². The normalized spacial score (nSPS) is 12.9. The minimum absolute atomic E-state index is 0.101. The van der Waals surface area contributed by atoms with E-state index in [1.807, 2.05) is 0 Å². The van der Waals surface area contributed by atoms with Gasteiger partial charge in [0.05, 0.1) is 18.7 Å². The maximum absolute atomic E-state index is 11.6. The number of nitrogens with zero attached hydrogens (tertiary/aromatic N) is 1. The quantitative estimate of drug-likeness (QED) is 0.729. The van der Waals surface area contributed by atoms with Gasteiger partial charge < -0.3 is 10.4 Å². The third-order valence-electron chi connectivity index (χ3n) is 2.94. The number of carboxylic acid groups (broad SMARTS) is 1. The van der Waals surface area contributed by atoms with Crippen LogP contribution < -0.4 is 5.32 Å². The fourth-order valence-electron chi connectivity index (χ4n) is 1.62. The van der Waals surface area contributed by atoms with E-state index in [1.54, 1.807) is 30.3 Å². The van der Waals surface area contributed by atoms with E-state index < -0.39 is 27.8 Å². The van der Waals surface area contributed by atoms with Crippen molar-refractivity contribution < 1.29 is 23.1 Å². The van der Waals surface area contributed by atoms with Crippen molar-refractivity contribution in [2.75, 3.05) is 26.4 Å². The van der Waals surface area contributed by atoms with Gasteiger partial charge in [-0.25, -0.2) is 8.42 Å². The second-order valence-electron chi connectivity index (χ2n) is 4.62. The Balaban J connectivity index is 2.63. The van der Waals surface area contributed by atoms with E-state index in [0.29, 0.717) is 5.56 Å². The van der Waals surface area contributed by atoms with Gasteiger partial charge in [0.2, 0.25) is 15.9 Å². The molecule has 0 radical (unpaired) electrons. The Labute approximate surface area is 123 Å². The highest BCUT2D eigenvalue weighted by molar-refractivity contribution is 7.88. The molecule has 0 fully saturated rings. The fourth-order valence-corrected chi connectivity index (χ4v) is 1.98. The van der Waals surface area contributed by atoms with Crippen molar-refractivity contribution in [3.05, 3.63) is 35.9 Å². The first-order valence-corrected chi connectivity index (χ1v) is 8.02. The molecule has 1 amide bonds. The molecular weight excluding hydrogens is 296 g/mol. The van der Waals surface area contributed by atoms with Crippen molar-refractivity contribution in [1.29, 1.82) is 0 Å². The summed E-state index contributed by atoms with van der Waals surface area (Å²) < 4.78 is 23.3. The zero-order valence-electron chi connectivity index (χ0n) is 11.8. The van der Waals surface area contributed by atoms with Crippen molar-refractivity contribution in [2.45, 2.75) is 5.92 Å². The van der Waals surface area contributed by atoms with E-state index in [2.05, 4.69) is 5.32 Å². The summed E-state index contributed by atoms with van der Waals surface area (Å²) in [6.07, 6.45) is 0.990. The number of rotatable bonds is 7.